The van der Waals surface area contributed by atoms with Gasteiger partial charge in [-0.1, -0.05) is 18.2 Å². The minimum atomic E-state index is -0.346. The number of nitrogens with zero attached hydrogens (tertiary/aromatic N) is 2. The van der Waals surface area contributed by atoms with Gasteiger partial charge in [0.15, 0.2) is 0 Å². The van der Waals surface area contributed by atoms with Crippen LogP contribution in [0.4, 0.5) is 5.69 Å². The number of ether oxygens (including phenoxy) is 1. The average molecular weight is 281 g/mol. The molecule has 1 atom stereocenters. The lowest BCUT2D eigenvalue weighted by Crippen LogP contribution is -2.25. The van der Waals surface area contributed by atoms with Crippen LogP contribution >= 0.6 is 0 Å². The number of benzene rings is 1. The Balaban J connectivity index is 2.36. The predicted octanol–water partition coefficient (Wildman–Crippen LogP) is 1.82. The van der Waals surface area contributed by atoms with Crippen LogP contribution < -0.4 is 5.32 Å². The van der Waals surface area contributed by atoms with E-state index in [2.05, 4.69) is 10.2 Å². The van der Waals surface area contributed by atoms with Gasteiger partial charge in [-0.05, 0) is 21.0 Å². The predicted molar refractivity (Wildman–Crippen MR) is 78.9 cm³/mol. The molecule has 0 fully saturated rings. The van der Waals surface area contributed by atoms with Crippen LogP contribution in [0.1, 0.15) is 18.5 Å². The molecule has 0 bridgehead atoms. The van der Waals surface area contributed by atoms with Crippen molar-refractivity contribution in [2.75, 3.05) is 40.4 Å². The average Bonchev–Trinajstić information content (AvgIpc) is 2.42. The van der Waals surface area contributed by atoms with Crippen molar-refractivity contribution in [1.82, 2.24) is 10.2 Å². The molecule has 0 saturated carbocycles. The van der Waals surface area contributed by atoms with E-state index in [9.17, 15) is 10.1 Å². The van der Waals surface area contributed by atoms with Gasteiger partial charge in [0.25, 0.3) is 5.69 Å². The van der Waals surface area contributed by atoms with Gasteiger partial charge in [0.1, 0.15) is 0 Å². The molecular weight excluding hydrogens is 258 g/mol. The fourth-order valence-corrected chi connectivity index (χ4v) is 1.83. The minimum Gasteiger partial charge on any atom is -0.379 e. The van der Waals surface area contributed by atoms with Crippen LogP contribution in [0.2, 0.25) is 0 Å². The summed E-state index contributed by atoms with van der Waals surface area (Å²) in [4.78, 5) is 12.7. The molecule has 1 rings (SSSR count). The maximum atomic E-state index is 11.0. The lowest BCUT2D eigenvalue weighted by Gasteiger charge is -2.15. The number of para-hydroxylation sites is 1. The fraction of sp³-hybridized carbons (Fsp3) is 0.571. The van der Waals surface area contributed by atoms with Crippen LogP contribution in [0.3, 0.4) is 0 Å². The molecule has 1 aromatic rings. The third kappa shape index (κ3) is 5.64. The van der Waals surface area contributed by atoms with Crippen molar-refractivity contribution in [3.05, 3.63) is 39.9 Å². The quantitative estimate of drug-likeness (QED) is 0.425. The highest BCUT2D eigenvalue weighted by atomic mass is 16.6. The zero-order valence-electron chi connectivity index (χ0n) is 12.3. The van der Waals surface area contributed by atoms with Crippen LogP contribution in [0.5, 0.6) is 0 Å². The maximum absolute atomic E-state index is 11.0. The van der Waals surface area contributed by atoms with Gasteiger partial charge in [-0.15, -0.1) is 0 Å². The Hall–Kier alpha value is -1.50. The van der Waals surface area contributed by atoms with E-state index in [0.717, 1.165) is 6.54 Å². The van der Waals surface area contributed by atoms with Gasteiger partial charge < -0.3 is 15.0 Å². The molecule has 1 unspecified atom stereocenters. The highest BCUT2D eigenvalue weighted by Crippen LogP contribution is 2.23. The highest BCUT2D eigenvalue weighted by Gasteiger charge is 2.17. The fourth-order valence-electron chi connectivity index (χ4n) is 1.83. The Morgan fingerprint density at radius 1 is 1.35 bits per heavy atom. The zero-order valence-corrected chi connectivity index (χ0v) is 12.3. The molecule has 0 radical (unpaired) electrons. The number of nitro benzene ring substituents is 1. The van der Waals surface area contributed by atoms with Crippen LogP contribution in [0.25, 0.3) is 0 Å². The number of nitro groups is 1. The molecular formula is C14H23N3O3. The van der Waals surface area contributed by atoms with E-state index in [1.807, 2.05) is 27.1 Å². The molecule has 0 heterocycles. The summed E-state index contributed by atoms with van der Waals surface area (Å²) in [6.45, 7) is 4.76. The standard InChI is InChI=1S/C14H23N3O3/c1-12(15-8-10-20-11-9-16(2)3)13-6-4-5-7-14(13)17(18)19/h4-7,12,15H,8-11H2,1-3H3. The van der Waals surface area contributed by atoms with Gasteiger partial charge in [0.2, 0.25) is 0 Å². The molecule has 0 saturated heterocycles. The molecule has 0 amide bonds. The van der Waals surface area contributed by atoms with Gasteiger partial charge >= 0.3 is 0 Å². The van der Waals surface area contributed by atoms with E-state index < -0.39 is 0 Å². The van der Waals surface area contributed by atoms with E-state index in [4.69, 9.17) is 4.74 Å². The van der Waals surface area contributed by atoms with E-state index in [1.54, 1.807) is 12.1 Å². The summed E-state index contributed by atoms with van der Waals surface area (Å²) >= 11 is 0. The van der Waals surface area contributed by atoms with Crippen molar-refractivity contribution < 1.29 is 9.66 Å². The van der Waals surface area contributed by atoms with E-state index >= 15 is 0 Å². The first-order valence-electron chi connectivity index (χ1n) is 6.71. The Morgan fingerprint density at radius 2 is 2.05 bits per heavy atom. The number of nitrogens with one attached hydrogen (secondary N) is 1. The molecule has 0 aliphatic carbocycles. The number of rotatable bonds is 9. The molecule has 0 aliphatic rings. The SMILES string of the molecule is CC(NCCOCCN(C)C)c1ccccc1[N+](=O)[O-]. The third-order valence-corrected chi connectivity index (χ3v) is 2.98. The summed E-state index contributed by atoms with van der Waals surface area (Å²) in [6, 6.07) is 6.73. The normalized spacial score (nSPS) is 12.6. The summed E-state index contributed by atoms with van der Waals surface area (Å²) in [6.07, 6.45) is 0. The Morgan fingerprint density at radius 3 is 2.70 bits per heavy atom. The van der Waals surface area contributed by atoms with Crippen molar-refractivity contribution in [2.24, 2.45) is 0 Å². The topological polar surface area (TPSA) is 67.6 Å². The molecule has 20 heavy (non-hydrogen) atoms. The smallest absolute Gasteiger partial charge is 0.274 e. The Labute approximate surface area is 119 Å². The van der Waals surface area contributed by atoms with E-state index in [1.165, 1.54) is 6.07 Å². The Bertz CT molecular complexity index is 424. The monoisotopic (exact) mass is 281 g/mol. The Kier molecular flexibility index (Phi) is 7.14. The molecule has 1 N–H and O–H groups in total. The van der Waals surface area contributed by atoms with Crippen LogP contribution in [0.15, 0.2) is 24.3 Å². The van der Waals surface area contributed by atoms with Crippen molar-refractivity contribution in [3.8, 4) is 0 Å². The summed E-state index contributed by atoms with van der Waals surface area (Å²) in [5.74, 6) is 0. The van der Waals surface area contributed by atoms with Gasteiger partial charge in [-0.25, -0.2) is 0 Å². The van der Waals surface area contributed by atoms with Crippen molar-refractivity contribution in [2.45, 2.75) is 13.0 Å². The summed E-state index contributed by atoms with van der Waals surface area (Å²) < 4.78 is 5.47. The lowest BCUT2D eigenvalue weighted by atomic mass is 10.1. The maximum Gasteiger partial charge on any atom is 0.274 e. The minimum absolute atomic E-state index is 0.0750. The van der Waals surface area contributed by atoms with Crippen molar-refractivity contribution in [1.29, 1.82) is 0 Å². The van der Waals surface area contributed by atoms with Crippen LogP contribution in [-0.2, 0) is 4.74 Å². The third-order valence-electron chi connectivity index (χ3n) is 2.98. The van der Waals surface area contributed by atoms with Gasteiger partial charge in [0.05, 0.1) is 18.1 Å². The van der Waals surface area contributed by atoms with Crippen molar-refractivity contribution >= 4 is 5.69 Å². The van der Waals surface area contributed by atoms with Crippen molar-refractivity contribution in [3.63, 3.8) is 0 Å². The van der Waals surface area contributed by atoms with Gasteiger partial charge in [-0.3, -0.25) is 10.1 Å². The van der Waals surface area contributed by atoms with Crippen LogP contribution in [-0.4, -0.2) is 50.2 Å². The molecule has 1 aromatic carbocycles. The number of likely N-dealkylation sites (N-methyl/N-ethyl adjacent to an activating group) is 1. The summed E-state index contributed by atoms with van der Waals surface area (Å²) in [7, 11) is 4.00. The van der Waals surface area contributed by atoms with E-state index in [-0.39, 0.29) is 16.7 Å². The largest absolute Gasteiger partial charge is 0.379 e. The molecule has 0 aliphatic heterocycles. The molecule has 6 heteroatoms. The first-order chi connectivity index (χ1) is 9.52. The van der Waals surface area contributed by atoms with Gasteiger partial charge in [0, 0.05) is 30.8 Å². The molecule has 112 valence electrons. The zero-order chi connectivity index (χ0) is 15.0. The molecule has 0 spiro atoms. The second-order valence-corrected chi connectivity index (χ2v) is 4.91. The first kappa shape index (κ1) is 16.6. The molecule has 6 nitrogen and oxygen atoms in total. The number of hydrogen-bond donors (Lipinski definition) is 1. The summed E-state index contributed by atoms with van der Waals surface area (Å²) in [5.41, 5.74) is 0.854. The second-order valence-electron chi connectivity index (χ2n) is 4.91. The van der Waals surface area contributed by atoms with Gasteiger partial charge in [-0.2, -0.15) is 0 Å². The number of hydrogen-bond acceptors (Lipinski definition) is 5. The lowest BCUT2D eigenvalue weighted by molar-refractivity contribution is -0.385. The molecule has 0 aromatic heterocycles. The summed E-state index contributed by atoms with van der Waals surface area (Å²) in [5, 5.41) is 14.2. The highest BCUT2D eigenvalue weighted by molar-refractivity contribution is 5.41. The second kappa shape index (κ2) is 8.63. The first-order valence-corrected chi connectivity index (χ1v) is 6.71. The van der Waals surface area contributed by atoms with E-state index in [0.29, 0.717) is 25.3 Å². The van der Waals surface area contributed by atoms with Crippen LogP contribution in [0, 0.1) is 10.1 Å².